The van der Waals surface area contributed by atoms with Crippen LogP contribution in [0.15, 0.2) is 72.8 Å². The van der Waals surface area contributed by atoms with E-state index >= 15 is 0 Å². The summed E-state index contributed by atoms with van der Waals surface area (Å²) in [6.07, 6.45) is 0. The Labute approximate surface area is 183 Å². The first-order valence-electron chi connectivity index (χ1n) is 10.3. The van der Waals surface area contributed by atoms with Crippen LogP contribution in [-0.4, -0.2) is 47.1 Å². The number of carbonyl (C=O) groups is 2. The van der Waals surface area contributed by atoms with E-state index in [0.717, 1.165) is 5.56 Å². The van der Waals surface area contributed by atoms with E-state index in [2.05, 4.69) is 0 Å². The number of rotatable bonds is 3. The minimum Gasteiger partial charge on any atom is -0.394 e. The zero-order chi connectivity index (χ0) is 22.4. The Morgan fingerprint density at radius 3 is 2.34 bits per heavy atom. The first-order valence-corrected chi connectivity index (χ1v) is 10.3. The summed E-state index contributed by atoms with van der Waals surface area (Å²) in [5.41, 5.74) is 2.07. The molecule has 0 spiro atoms. The molecule has 1 saturated heterocycles. The van der Waals surface area contributed by atoms with Gasteiger partial charge in [-0.2, -0.15) is 0 Å². The number of likely N-dealkylation sites (tertiary alicyclic amines) is 1. The van der Waals surface area contributed by atoms with Crippen LogP contribution in [-0.2, 0) is 0 Å². The number of carbonyl (C=O) groups excluding carboxylic acids is 2. The van der Waals surface area contributed by atoms with Gasteiger partial charge < -0.3 is 14.9 Å². The standard InChI is InChI=1S/C25H20F2N2O3/c26-17-10-8-15(9-11-17)25(32)29-21-13-28(24(31)16-4-3-5-18(27)12-16)20-7-2-1-6-19(20)23(21)22(29)14-30/h1-12,21-23,30H,13-14H2/t21-,22+,23+/m1/s1. The molecule has 5 nitrogen and oxygen atoms in total. The minimum atomic E-state index is -0.504. The molecule has 162 valence electrons. The fourth-order valence-electron chi connectivity index (χ4n) is 4.88. The van der Waals surface area contributed by atoms with Gasteiger partial charge in [-0.05, 0) is 54.1 Å². The molecular weight excluding hydrogens is 414 g/mol. The van der Waals surface area contributed by atoms with Gasteiger partial charge in [0.05, 0.1) is 18.7 Å². The molecule has 0 aliphatic carbocycles. The second-order valence-corrected chi connectivity index (χ2v) is 8.05. The van der Waals surface area contributed by atoms with E-state index in [0.29, 0.717) is 11.3 Å². The van der Waals surface area contributed by atoms with E-state index in [4.69, 9.17) is 0 Å². The van der Waals surface area contributed by atoms with Crippen molar-refractivity contribution >= 4 is 17.5 Å². The number of nitrogens with zero attached hydrogens (tertiary/aromatic N) is 2. The number of hydrogen-bond acceptors (Lipinski definition) is 3. The highest BCUT2D eigenvalue weighted by Gasteiger charge is 2.55. The van der Waals surface area contributed by atoms with Crippen LogP contribution in [0.25, 0.3) is 0 Å². The molecule has 3 atom stereocenters. The van der Waals surface area contributed by atoms with Crippen molar-refractivity contribution in [3.05, 3.63) is 101 Å². The number of para-hydroxylation sites is 1. The molecule has 3 aromatic rings. The number of anilines is 1. The number of halogens is 2. The molecule has 1 fully saturated rings. The van der Waals surface area contributed by atoms with Crippen molar-refractivity contribution in [2.45, 2.75) is 18.0 Å². The Morgan fingerprint density at radius 1 is 0.875 bits per heavy atom. The van der Waals surface area contributed by atoms with E-state index in [1.54, 1.807) is 15.9 Å². The summed E-state index contributed by atoms with van der Waals surface area (Å²) in [6.45, 7) is -0.0270. The van der Waals surface area contributed by atoms with Gasteiger partial charge in [0.25, 0.3) is 11.8 Å². The summed E-state index contributed by atoms with van der Waals surface area (Å²) < 4.78 is 27.1. The molecule has 0 unspecified atom stereocenters. The highest BCUT2D eigenvalue weighted by Crippen LogP contribution is 2.48. The van der Waals surface area contributed by atoms with E-state index in [1.165, 1.54) is 42.5 Å². The molecule has 32 heavy (non-hydrogen) atoms. The molecule has 2 aliphatic heterocycles. The molecule has 2 heterocycles. The predicted octanol–water partition coefficient (Wildman–Crippen LogP) is 3.59. The number of hydrogen-bond donors (Lipinski definition) is 1. The van der Waals surface area contributed by atoms with Crippen LogP contribution in [0.4, 0.5) is 14.5 Å². The van der Waals surface area contributed by atoms with Crippen molar-refractivity contribution in [1.29, 1.82) is 0 Å². The topological polar surface area (TPSA) is 60.9 Å². The van der Waals surface area contributed by atoms with Crippen LogP contribution >= 0.6 is 0 Å². The summed E-state index contributed by atoms with van der Waals surface area (Å²) in [4.78, 5) is 29.6. The van der Waals surface area contributed by atoms with Gasteiger partial charge in [-0.1, -0.05) is 24.3 Å². The lowest BCUT2D eigenvalue weighted by Crippen LogP contribution is -2.70. The quantitative estimate of drug-likeness (QED) is 0.685. The third-order valence-electron chi connectivity index (χ3n) is 6.33. The molecule has 5 rings (SSSR count). The number of amides is 2. The molecular formula is C25H20F2N2O3. The van der Waals surface area contributed by atoms with Crippen LogP contribution in [0.5, 0.6) is 0 Å². The van der Waals surface area contributed by atoms with E-state index < -0.39 is 17.7 Å². The maximum Gasteiger partial charge on any atom is 0.258 e. The summed E-state index contributed by atoms with van der Waals surface area (Å²) in [6, 6.07) is 17.3. The number of benzene rings is 3. The average molecular weight is 434 g/mol. The second kappa shape index (κ2) is 7.84. The lowest BCUT2D eigenvalue weighted by molar-refractivity contribution is -0.0246. The van der Waals surface area contributed by atoms with Gasteiger partial charge in [-0.15, -0.1) is 0 Å². The highest BCUT2D eigenvalue weighted by molar-refractivity contribution is 6.07. The second-order valence-electron chi connectivity index (χ2n) is 8.05. The van der Waals surface area contributed by atoms with E-state index in [1.807, 2.05) is 24.3 Å². The van der Waals surface area contributed by atoms with Crippen LogP contribution in [0.1, 0.15) is 32.2 Å². The fourth-order valence-corrected chi connectivity index (χ4v) is 4.88. The summed E-state index contributed by atoms with van der Waals surface area (Å²) in [5.74, 6) is -1.78. The third-order valence-corrected chi connectivity index (χ3v) is 6.33. The average Bonchev–Trinajstić information content (AvgIpc) is 2.79. The Hall–Kier alpha value is -3.58. The maximum absolute atomic E-state index is 13.7. The Morgan fingerprint density at radius 2 is 1.62 bits per heavy atom. The van der Waals surface area contributed by atoms with Gasteiger partial charge in [0, 0.05) is 29.3 Å². The molecule has 3 aromatic carbocycles. The molecule has 0 radical (unpaired) electrons. The minimum absolute atomic E-state index is 0.142. The fraction of sp³-hybridized carbons (Fsp3) is 0.200. The SMILES string of the molecule is O=C(c1cccc(F)c1)N1C[C@@H]2[C@H](c3ccccc31)[C@H](CO)N2C(=O)c1ccc(F)cc1. The van der Waals surface area contributed by atoms with Crippen molar-refractivity contribution in [2.24, 2.45) is 0 Å². The van der Waals surface area contributed by atoms with Gasteiger partial charge in [-0.3, -0.25) is 9.59 Å². The molecule has 1 N–H and O–H groups in total. The lowest BCUT2D eigenvalue weighted by Gasteiger charge is -2.58. The van der Waals surface area contributed by atoms with Crippen molar-refractivity contribution in [2.75, 3.05) is 18.1 Å². The van der Waals surface area contributed by atoms with Gasteiger partial charge in [-0.25, -0.2) is 8.78 Å². The monoisotopic (exact) mass is 434 g/mol. The van der Waals surface area contributed by atoms with Crippen molar-refractivity contribution in [3.63, 3.8) is 0 Å². The molecule has 0 aromatic heterocycles. The van der Waals surface area contributed by atoms with Gasteiger partial charge in [0.1, 0.15) is 11.6 Å². The zero-order valence-corrected chi connectivity index (χ0v) is 17.0. The van der Waals surface area contributed by atoms with Gasteiger partial charge in [0.15, 0.2) is 0 Å². The van der Waals surface area contributed by atoms with Crippen LogP contribution < -0.4 is 4.90 Å². The van der Waals surface area contributed by atoms with Crippen LogP contribution in [0.3, 0.4) is 0 Å². The third kappa shape index (κ3) is 3.17. The number of fused-ring (bicyclic) bond motifs is 3. The first-order chi connectivity index (χ1) is 15.5. The smallest absolute Gasteiger partial charge is 0.258 e. The van der Waals surface area contributed by atoms with E-state index in [-0.39, 0.29) is 42.5 Å². The zero-order valence-electron chi connectivity index (χ0n) is 17.0. The van der Waals surface area contributed by atoms with Crippen LogP contribution in [0.2, 0.25) is 0 Å². The largest absolute Gasteiger partial charge is 0.394 e. The van der Waals surface area contributed by atoms with Crippen molar-refractivity contribution < 1.29 is 23.5 Å². The van der Waals surface area contributed by atoms with E-state index in [9.17, 15) is 23.5 Å². The van der Waals surface area contributed by atoms with Crippen LogP contribution in [0, 0.1) is 11.6 Å². The lowest BCUT2D eigenvalue weighted by atomic mass is 9.71. The molecule has 7 heteroatoms. The molecule has 2 amide bonds. The Balaban J connectivity index is 1.53. The predicted molar refractivity (Wildman–Crippen MR) is 114 cm³/mol. The summed E-state index contributed by atoms with van der Waals surface area (Å²) in [7, 11) is 0. The summed E-state index contributed by atoms with van der Waals surface area (Å²) in [5, 5.41) is 10.1. The number of aliphatic hydroxyl groups excluding tert-OH is 1. The highest BCUT2D eigenvalue weighted by atomic mass is 19.1. The number of aliphatic hydroxyl groups is 1. The normalized spacial score (nSPS) is 21.4. The van der Waals surface area contributed by atoms with Gasteiger partial charge >= 0.3 is 0 Å². The Kier molecular flexibility index (Phi) is 4.98. The Bertz CT molecular complexity index is 1200. The molecule has 2 aliphatic rings. The summed E-state index contributed by atoms with van der Waals surface area (Å²) >= 11 is 0. The van der Waals surface area contributed by atoms with Gasteiger partial charge in [0.2, 0.25) is 0 Å². The first kappa shape index (κ1) is 20.3. The molecule has 0 saturated carbocycles. The van der Waals surface area contributed by atoms with Crippen molar-refractivity contribution in [3.8, 4) is 0 Å². The maximum atomic E-state index is 13.7. The van der Waals surface area contributed by atoms with Crippen molar-refractivity contribution in [1.82, 2.24) is 4.90 Å². The molecule has 0 bridgehead atoms.